The predicted octanol–water partition coefficient (Wildman–Crippen LogP) is 6.28. The number of aromatic nitrogens is 1. The molecule has 0 spiro atoms. The van der Waals surface area contributed by atoms with Gasteiger partial charge in [-0.3, -0.25) is 5.43 Å². The highest BCUT2D eigenvalue weighted by molar-refractivity contribution is 9.10. The molecule has 0 aliphatic heterocycles. The van der Waals surface area contributed by atoms with Crippen molar-refractivity contribution in [2.24, 2.45) is 5.10 Å². The minimum Gasteiger partial charge on any atom is -0.422 e. The molecule has 30 heavy (non-hydrogen) atoms. The van der Waals surface area contributed by atoms with Gasteiger partial charge in [-0.1, -0.05) is 69.7 Å². The Kier molecular flexibility index (Phi) is 4.90. The number of nitrogens with zero attached hydrogens (tertiary/aromatic N) is 2. The predicted molar refractivity (Wildman–Crippen MR) is 126 cm³/mol. The fourth-order valence-corrected chi connectivity index (χ4v) is 4.24. The number of nitrogens with one attached hydrogen (secondary N) is 1. The van der Waals surface area contributed by atoms with Crippen LogP contribution in [0.3, 0.4) is 0 Å². The number of benzene rings is 3. The quantitative estimate of drug-likeness (QED) is 0.144. The van der Waals surface area contributed by atoms with Crippen molar-refractivity contribution in [2.75, 3.05) is 5.43 Å². The van der Waals surface area contributed by atoms with Gasteiger partial charge in [-0.15, -0.1) is 0 Å². The van der Waals surface area contributed by atoms with Crippen molar-refractivity contribution in [3.05, 3.63) is 93.4 Å². The first-order valence-electron chi connectivity index (χ1n) is 9.14. The molecule has 0 bridgehead atoms. The summed E-state index contributed by atoms with van der Waals surface area (Å²) in [5.41, 5.74) is 4.56. The molecule has 0 aliphatic rings. The van der Waals surface area contributed by atoms with Crippen LogP contribution in [-0.2, 0) is 0 Å². The molecule has 0 aliphatic carbocycles. The van der Waals surface area contributed by atoms with Crippen LogP contribution in [0.5, 0.6) is 0 Å². The molecule has 0 radical (unpaired) electrons. The van der Waals surface area contributed by atoms with E-state index in [1.165, 1.54) is 11.3 Å². The first-order chi connectivity index (χ1) is 14.7. The molecule has 146 valence electrons. The second-order valence-electron chi connectivity index (χ2n) is 6.60. The van der Waals surface area contributed by atoms with E-state index in [0.29, 0.717) is 16.3 Å². The Balaban J connectivity index is 1.46. The van der Waals surface area contributed by atoms with Crippen LogP contribution in [-0.4, -0.2) is 11.2 Å². The van der Waals surface area contributed by atoms with E-state index in [-0.39, 0.29) is 5.63 Å². The van der Waals surface area contributed by atoms with E-state index in [1.807, 2.05) is 66.7 Å². The molecule has 0 amide bonds. The van der Waals surface area contributed by atoms with E-state index in [9.17, 15) is 4.79 Å². The standard InChI is InChI=1S/C23H14BrN3O2S/c24-16-8-5-14(6-9-16)12-26-27-23-25-13-21(30-23)19-11-18-17-4-2-1-3-15(17)7-10-20(18)29-22(19)28/h1-13H,(H,25,27)/b26-12-. The topological polar surface area (TPSA) is 67.5 Å². The zero-order chi connectivity index (χ0) is 20.5. The number of anilines is 1. The number of rotatable bonds is 4. The third-order valence-corrected chi connectivity index (χ3v) is 6.12. The number of thiazole rings is 1. The maximum Gasteiger partial charge on any atom is 0.345 e. The van der Waals surface area contributed by atoms with Gasteiger partial charge < -0.3 is 4.42 Å². The van der Waals surface area contributed by atoms with E-state index in [1.54, 1.807) is 12.4 Å². The Labute approximate surface area is 183 Å². The Morgan fingerprint density at radius 2 is 1.87 bits per heavy atom. The zero-order valence-electron chi connectivity index (χ0n) is 15.5. The monoisotopic (exact) mass is 475 g/mol. The van der Waals surface area contributed by atoms with Crippen molar-refractivity contribution in [2.45, 2.75) is 0 Å². The van der Waals surface area contributed by atoms with E-state index in [0.717, 1.165) is 31.1 Å². The molecule has 2 aromatic heterocycles. The molecule has 3 aromatic carbocycles. The van der Waals surface area contributed by atoms with Crippen LogP contribution in [0.15, 0.2) is 91.7 Å². The lowest BCUT2D eigenvalue weighted by Gasteiger charge is -2.04. The lowest BCUT2D eigenvalue weighted by atomic mass is 10.0. The molecule has 0 saturated carbocycles. The average Bonchev–Trinajstić information content (AvgIpc) is 3.23. The highest BCUT2D eigenvalue weighted by Crippen LogP contribution is 2.31. The Hall–Kier alpha value is -3.29. The van der Waals surface area contributed by atoms with Gasteiger partial charge in [-0.2, -0.15) is 5.10 Å². The third-order valence-electron chi connectivity index (χ3n) is 4.66. The largest absolute Gasteiger partial charge is 0.422 e. The van der Waals surface area contributed by atoms with E-state index >= 15 is 0 Å². The normalized spacial score (nSPS) is 11.5. The Morgan fingerprint density at radius 1 is 1.03 bits per heavy atom. The third kappa shape index (κ3) is 3.65. The summed E-state index contributed by atoms with van der Waals surface area (Å²) >= 11 is 4.76. The van der Waals surface area contributed by atoms with Gasteiger partial charge in [0.05, 0.1) is 16.7 Å². The molecular formula is C23H14BrN3O2S. The minimum atomic E-state index is -0.383. The van der Waals surface area contributed by atoms with Crippen LogP contribution in [0.1, 0.15) is 5.56 Å². The number of hydrogen-bond acceptors (Lipinski definition) is 6. The van der Waals surface area contributed by atoms with Crippen LogP contribution >= 0.6 is 27.3 Å². The van der Waals surface area contributed by atoms with Crippen LogP contribution in [0, 0.1) is 0 Å². The van der Waals surface area contributed by atoms with Gasteiger partial charge in [0, 0.05) is 16.1 Å². The molecule has 5 aromatic rings. The first kappa shape index (κ1) is 18.7. The number of hydrazone groups is 1. The highest BCUT2D eigenvalue weighted by Gasteiger charge is 2.13. The summed E-state index contributed by atoms with van der Waals surface area (Å²) in [7, 11) is 0. The fraction of sp³-hybridized carbons (Fsp3) is 0. The van der Waals surface area contributed by atoms with Gasteiger partial charge in [0.15, 0.2) is 0 Å². The van der Waals surface area contributed by atoms with Gasteiger partial charge in [-0.25, -0.2) is 9.78 Å². The van der Waals surface area contributed by atoms with Crippen LogP contribution in [0.2, 0.25) is 0 Å². The second kappa shape index (κ2) is 7.85. The summed E-state index contributed by atoms with van der Waals surface area (Å²) in [5, 5.41) is 7.85. The first-order valence-corrected chi connectivity index (χ1v) is 10.7. The van der Waals surface area contributed by atoms with Gasteiger partial charge in [0.2, 0.25) is 5.13 Å². The molecule has 5 rings (SSSR count). The lowest BCUT2D eigenvalue weighted by molar-refractivity contribution is 0.564. The summed E-state index contributed by atoms with van der Waals surface area (Å²) in [6.07, 6.45) is 3.37. The van der Waals surface area contributed by atoms with E-state index in [4.69, 9.17) is 4.42 Å². The van der Waals surface area contributed by atoms with Gasteiger partial charge >= 0.3 is 5.63 Å². The molecule has 2 heterocycles. The number of halogens is 1. The molecule has 0 fully saturated rings. The van der Waals surface area contributed by atoms with Gasteiger partial charge in [-0.05, 0) is 40.6 Å². The summed E-state index contributed by atoms with van der Waals surface area (Å²) < 4.78 is 6.60. The van der Waals surface area contributed by atoms with Gasteiger partial charge in [0.1, 0.15) is 5.58 Å². The SMILES string of the molecule is O=c1oc2ccc3ccccc3c2cc1-c1cnc(N/N=C\c2ccc(Br)cc2)s1. The molecule has 0 saturated heterocycles. The van der Waals surface area contributed by atoms with Crippen LogP contribution in [0.4, 0.5) is 5.13 Å². The van der Waals surface area contributed by atoms with Gasteiger partial charge in [0.25, 0.3) is 0 Å². The summed E-state index contributed by atoms with van der Waals surface area (Å²) in [6.45, 7) is 0. The van der Waals surface area contributed by atoms with Crippen molar-refractivity contribution < 1.29 is 4.42 Å². The summed E-state index contributed by atoms with van der Waals surface area (Å²) in [4.78, 5) is 17.6. The maximum absolute atomic E-state index is 12.6. The summed E-state index contributed by atoms with van der Waals surface area (Å²) in [5.74, 6) is 0. The molecule has 5 nitrogen and oxygen atoms in total. The van der Waals surface area contributed by atoms with Crippen molar-refractivity contribution in [1.29, 1.82) is 0 Å². The average molecular weight is 476 g/mol. The molecule has 1 N–H and O–H groups in total. The van der Waals surface area contributed by atoms with Crippen LogP contribution in [0.25, 0.3) is 32.2 Å². The molecular weight excluding hydrogens is 462 g/mol. The second-order valence-corrected chi connectivity index (χ2v) is 8.54. The zero-order valence-corrected chi connectivity index (χ0v) is 17.9. The fourth-order valence-electron chi connectivity index (χ4n) is 3.20. The molecule has 0 atom stereocenters. The summed E-state index contributed by atoms with van der Waals surface area (Å²) in [6, 6.07) is 21.5. The smallest absolute Gasteiger partial charge is 0.345 e. The van der Waals surface area contributed by atoms with E-state index in [2.05, 4.69) is 31.4 Å². The van der Waals surface area contributed by atoms with Crippen molar-refractivity contribution in [3.8, 4) is 10.4 Å². The highest BCUT2D eigenvalue weighted by atomic mass is 79.9. The number of hydrogen-bond donors (Lipinski definition) is 1. The minimum absolute atomic E-state index is 0.383. The van der Waals surface area contributed by atoms with Crippen LogP contribution < -0.4 is 11.1 Å². The molecule has 0 unspecified atom stereocenters. The number of fused-ring (bicyclic) bond motifs is 3. The van der Waals surface area contributed by atoms with Crippen molar-refractivity contribution in [1.82, 2.24) is 4.98 Å². The van der Waals surface area contributed by atoms with Crippen molar-refractivity contribution in [3.63, 3.8) is 0 Å². The Morgan fingerprint density at radius 3 is 2.73 bits per heavy atom. The van der Waals surface area contributed by atoms with E-state index < -0.39 is 0 Å². The Bertz CT molecular complexity index is 1460. The van der Waals surface area contributed by atoms with Crippen molar-refractivity contribution >= 4 is 60.4 Å². The maximum atomic E-state index is 12.6. The molecule has 7 heteroatoms. The lowest BCUT2D eigenvalue weighted by Crippen LogP contribution is -2.01.